The summed E-state index contributed by atoms with van der Waals surface area (Å²) in [5.41, 5.74) is 5.21. The van der Waals surface area contributed by atoms with Crippen molar-refractivity contribution >= 4 is 45.9 Å². The molecule has 1 aliphatic heterocycles. The van der Waals surface area contributed by atoms with Crippen LogP contribution in [0.25, 0.3) is 22.0 Å². The molecule has 2 amide bonds. The Bertz CT molecular complexity index is 2880. The van der Waals surface area contributed by atoms with Gasteiger partial charge in [-0.2, -0.15) is 13.2 Å². The van der Waals surface area contributed by atoms with Crippen LogP contribution in [0.5, 0.6) is 11.5 Å². The second kappa shape index (κ2) is 24.8. The Morgan fingerprint density at radius 1 is 0.944 bits per heavy atom. The van der Waals surface area contributed by atoms with Crippen LogP contribution in [0.2, 0.25) is 0 Å². The van der Waals surface area contributed by atoms with Crippen LogP contribution in [-0.4, -0.2) is 116 Å². The van der Waals surface area contributed by atoms with Crippen molar-refractivity contribution < 1.29 is 46.2 Å². The van der Waals surface area contributed by atoms with E-state index < -0.39 is 12.7 Å². The summed E-state index contributed by atoms with van der Waals surface area (Å²) in [5, 5.41) is 14.1. The van der Waals surface area contributed by atoms with Gasteiger partial charge < -0.3 is 53.5 Å². The maximum Gasteiger partial charge on any atom is 0.406 e. The number of aryl methyl sites for hydroxylation is 2. The number of thioether (sulfide) groups is 1. The number of nitrogens with zero attached hydrogens (tertiary/aromatic N) is 4. The molecule has 15 nitrogen and oxygen atoms in total. The first-order valence-corrected chi connectivity index (χ1v) is 24.5. The molecule has 0 radical (unpaired) electrons. The average Bonchev–Trinajstić information content (AvgIpc) is 3.89. The van der Waals surface area contributed by atoms with Gasteiger partial charge in [-0.3, -0.25) is 14.4 Å². The molecule has 0 spiro atoms. The number of methoxy groups -OCH3 is 1. The van der Waals surface area contributed by atoms with Gasteiger partial charge in [-0.05, 0) is 99.0 Å². The van der Waals surface area contributed by atoms with Crippen molar-refractivity contribution in [2.24, 2.45) is 0 Å². The summed E-state index contributed by atoms with van der Waals surface area (Å²) in [6.07, 6.45) is 0.845. The Labute approximate surface area is 414 Å². The number of pyridine rings is 1. The zero-order valence-corrected chi connectivity index (χ0v) is 41.0. The van der Waals surface area contributed by atoms with E-state index in [1.807, 2.05) is 55.3 Å². The van der Waals surface area contributed by atoms with E-state index in [1.54, 1.807) is 72.1 Å². The average molecular weight is 998 g/mol. The van der Waals surface area contributed by atoms with Gasteiger partial charge in [-0.25, -0.2) is 0 Å². The van der Waals surface area contributed by atoms with Crippen LogP contribution in [0.4, 0.5) is 24.5 Å². The lowest BCUT2D eigenvalue weighted by atomic mass is 10.0. The van der Waals surface area contributed by atoms with Gasteiger partial charge in [0.25, 0.3) is 11.5 Å². The van der Waals surface area contributed by atoms with Crippen molar-refractivity contribution in [1.82, 2.24) is 24.5 Å². The third-order valence-electron chi connectivity index (χ3n) is 11.8. The largest absolute Gasteiger partial charge is 0.495 e. The molecule has 3 aromatic carbocycles. The third kappa shape index (κ3) is 14.6. The van der Waals surface area contributed by atoms with E-state index in [2.05, 4.69) is 32.9 Å². The second-order valence-electron chi connectivity index (χ2n) is 16.8. The third-order valence-corrected chi connectivity index (χ3v) is 12.5. The molecule has 71 heavy (non-hydrogen) atoms. The van der Waals surface area contributed by atoms with Crippen molar-refractivity contribution in [1.29, 1.82) is 0 Å². The van der Waals surface area contributed by atoms with Crippen LogP contribution in [-0.2, 0) is 32.2 Å². The smallest absolute Gasteiger partial charge is 0.406 e. The molecule has 0 bridgehead atoms. The number of hydrogen-bond donors (Lipinski definition) is 3. The molecule has 0 saturated carbocycles. The summed E-state index contributed by atoms with van der Waals surface area (Å²) in [5.74, 6) is 7.41. The zero-order valence-electron chi connectivity index (χ0n) is 40.2. The fourth-order valence-corrected chi connectivity index (χ4v) is 8.73. The van der Waals surface area contributed by atoms with Crippen LogP contribution < -0.4 is 31.0 Å². The highest BCUT2D eigenvalue weighted by Crippen LogP contribution is 2.33. The minimum Gasteiger partial charge on any atom is -0.495 e. The highest BCUT2D eigenvalue weighted by molar-refractivity contribution is 7.98. The molecule has 19 heteroatoms. The van der Waals surface area contributed by atoms with E-state index in [4.69, 9.17) is 23.5 Å². The van der Waals surface area contributed by atoms with Gasteiger partial charge in [-0.15, -0.1) is 11.8 Å². The number of ether oxygens (including phenoxy) is 4. The van der Waals surface area contributed by atoms with Crippen molar-refractivity contribution in [3.8, 4) is 34.5 Å². The number of anilines is 2. The molecule has 0 atom stereocenters. The molecule has 0 aliphatic carbocycles. The highest BCUT2D eigenvalue weighted by atomic mass is 32.2. The summed E-state index contributed by atoms with van der Waals surface area (Å²) in [7, 11) is 1.58. The molecule has 3 aromatic heterocycles. The predicted octanol–water partition coefficient (Wildman–Crippen LogP) is 7.90. The fraction of sp³-hybridized carbons (Fsp3) is 0.385. The number of halogens is 3. The Hall–Kier alpha value is -6.88. The van der Waals surface area contributed by atoms with Gasteiger partial charge in [0.15, 0.2) is 6.61 Å². The SMILES string of the molecule is COc1cc(SC)ccc1NCC#Cc1cc2c(NC3CCN(C(=O)CCOCCOCCNC(=O)COc4cccc(Cn5cc(-c6c(C)noc6C)ccc5=O)c4)CC3)cccc2n1CC(F)(F)F. The van der Waals surface area contributed by atoms with Gasteiger partial charge in [0.2, 0.25) is 5.91 Å². The minimum absolute atomic E-state index is 0.0143. The molecule has 0 unspecified atom stereocenters. The van der Waals surface area contributed by atoms with E-state index in [-0.39, 0.29) is 81.7 Å². The summed E-state index contributed by atoms with van der Waals surface area (Å²) in [6.45, 7) is 5.22. The molecule has 1 saturated heterocycles. The molecule has 7 rings (SSSR count). The lowest BCUT2D eigenvalue weighted by Gasteiger charge is -2.33. The highest BCUT2D eigenvalue weighted by Gasteiger charge is 2.30. The summed E-state index contributed by atoms with van der Waals surface area (Å²) < 4.78 is 72.0. The number of likely N-dealkylation sites (tertiary alicyclic amines) is 1. The summed E-state index contributed by atoms with van der Waals surface area (Å²) in [4.78, 5) is 40.9. The van der Waals surface area contributed by atoms with E-state index in [0.717, 1.165) is 33.0 Å². The molecule has 6 aromatic rings. The Morgan fingerprint density at radius 2 is 1.73 bits per heavy atom. The normalized spacial score (nSPS) is 12.9. The quantitative estimate of drug-likeness (QED) is 0.0343. The van der Waals surface area contributed by atoms with Crippen LogP contribution in [0.15, 0.2) is 99.3 Å². The minimum atomic E-state index is -4.45. The van der Waals surface area contributed by atoms with E-state index in [1.165, 1.54) is 10.6 Å². The van der Waals surface area contributed by atoms with Crippen LogP contribution in [0.1, 0.15) is 42.0 Å². The van der Waals surface area contributed by atoms with Crippen LogP contribution in [0.3, 0.4) is 0 Å². The molecule has 1 aliphatic rings. The monoisotopic (exact) mass is 997 g/mol. The molecular weight excluding hydrogens is 940 g/mol. The number of hydrogen-bond acceptors (Lipinski definition) is 12. The Kier molecular flexibility index (Phi) is 18.1. The topological polar surface area (TPSA) is 163 Å². The number of piperidine rings is 1. The van der Waals surface area contributed by atoms with Crippen molar-refractivity contribution in [2.45, 2.75) is 63.3 Å². The Balaban J connectivity index is 0.772. The van der Waals surface area contributed by atoms with E-state index in [0.29, 0.717) is 66.3 Å². The van der Waals surface area contributed by atoms with Crippen LogP contribution >= 0.6 is 11.8 Å². The maximum absolute atomic E-state index is 13.8. The number of amides is 2. The number of nitrogens with one attached hydrogen (secondary N) is 3. The van der Waals surface area contributed by atoms with Gasteiger partial charge in [-0.1, -0.05) is 29.3 Å². The second-order valence-corrected chi connectivity index (χ2v) is 17.7. The summed E-state index contributed by atoms with van der Waals surface area (Å²) >= 11 is 1.59. The number of aromatic nitrogens is 3. The lowest BCUT2D eigenvalue weighted by molar-refractivity contribution is -0.140. The van der Waals surface area contributed by atoms with E-state index in [9.17, 15) is 27.6 Å². The number of alkyl halides is 3. The number of rotatable bonds is 22. The number of fused-ring (bicyclic) bond motifs is 1. The number of carbonyl (C=O) groups is 2. The molecule has 1 fully saturated rings. The molecule has 376 valence electrons. The van der Waals surface area contributed by atoms with Gasteiger partial charge in [0, 0.05) is 65.0 Å². The standard InChI is InChI=1S/C52H58F3N7O8S/c1-35-51(36(2)70-59-35)38-13-16-49(64)61(32-38)31-37-8-5-10-41(28-37)69-33-48(63)57-21-25-68-27-26-67-24-19-50(65)60-22-17-39(18-23-60)58-44-11-6-12-46-43(44)29-40(62(46)34-52(53,54)55)9-7-20-56-45-15-14-42(71-4)30-47(45)66-3/h5-6,8,10-16,28-30,32,39,56,58H,17-27,31,33-34H2,1-4H3,(H,57,63). The number of benzene rings is 3. The van der Waals surface area contributed by atoms with Gasteiger partial charge >= 0.3 is 6.18 Å². The van der Waals surface area contributed by atoms with Crippen molar-refractivity contribution in [3.63, 3.8) is 0 Å². The zero-order chi connectivity index (χ0) is 50.3. The fourth-order valence-electron chi connectivity index (χ4n) is 8.31. The first-order valence-electron chi connectivity index (χ1n) is 23.2. The van der Waals surface area contributed by atoms with Gasteiger partial charge in [0.05, 0.1) is 75.6 Å². The Morgan fingerprint density at radius 3 is 2.48 bits per heavy atom. The maximum atomic E-state index is 13.8. The van der Waals surface area contributed by atoms with Crippen molar-refractivity contribution in [3.05, 3.63) is 118 Å². The first-order chi connectivity index (χ1) is 34.3. The lowest BCUT2D eigenvalue weighted by Crippen LogP contribution is -2.42. The first kappa shape index (κ1) is 52.0. The van der Waals surface area contributed by atoms with Crippen LogP contribution in [0, 0.1) is 25.7 Å². The van der Waals surface area contributed by atoms with E-state index >= 15 is 0 Å². The molecular formula is C52H58F3N7O8S. The predicted molar refractivity (Wildman–Crippen MR) is 267 cm³/mol. The van der Waals surface area contributed by atoms with Crippen molar-refractivity contribution in [2.75, 3.05) is 83.2 Å². The summed E-state index contributed by atoms with van der Waals surface area (Å²) in [6, 6.07) is 23.2. The molecule has 4 heterocycles. The van der Waals surface area contributed by atoms with Gasteiger partial charge in [0.1, 0.15) is 23.8 Å². The number of carbonyl (C=O) groups excluding carboxylic acids is 2. The molecule has 3 N–H and O–H groups in total.